The Morgan fingerprint density at radius 1 is 0.915 bits per heavy atom. The number of benzene rings is 3. The molecule has 0 radical (unpaired) electrons. The van der Waals surface area contributed by atoms with Crippen molar-refractivity contribution in [1.29, 1.82) is 0 Å². The number of aromatic nitrogens is 3. The Hall–Kier alpha value is -3.95. The first-order valence-electron chi connectivity index (χ1n) is 14.7. The molecular formula is C34H33Cl2N4O5PS. The summed E-state index contributed by atoms with van der Waals surface area (Å²) in [5, 5.41) is 1.77. The summed E-state index contributed by atoms with van der Waals surface area (Å²) < 4.78 is 33.5. The molecule has 0 bridgehead atoms. The lowest BCUT2D eigenvalue weighted by molar-refractivity contribution is 0.178. The molecule has 0 fully saturated rings. The monoisotopic (exact) mass is 710 g/mol. The molecule has 0 unspecified atom stereocenters. The number of methoxy groups -OCH3 is 1. The summed E-state index contributed by atoms with van der Waals surface area (Å²) in [6, 6.07) is 26.6. The Balaban J connectivity index is 1.58. The third-order valence-corrected chi connectivity index (χ3v) is 10.1. The van der Waals surface area contributed by atoms with Crippen LogP contribution in [0.3, 0.4) is 0 Å². The SMILES string of the molecule is COC(=O)N(CCP(=O)(Oc1ccccc1)Oc1ccccc1)c1nc(C(C)C)c(Sc2cc(Cl)cc(Cl)c2)n1Cc1ccncc1. The van der Waals surface area contributed by atoms with Crippen LogP contribution < -0.4 is 13.9 Å². The standard InChI is InChI=1S/C34H33Cl2N4O5PS/c1-24(2)31-32(47-30-21-26(35)20-27(36)22-30)40(23-25-14-16-37-17-15-25)33(38-31)39(34(41)43-3)18-19-46(42,44-28-10-6-4-7-11-28)45-29-12-8-5-9-13-29/h4-17,20-22,24H,18-19,23H2,1-3H3. The summed E-state index contributed by atoms with van der Waals surface area (Å²) >= 11 is 14.1. The Bertz CT molecular complexity index is 1780. The number of imidazole rings is 1. The molecule has 1 amide bonds. The third-order valence-electron chi connectivity index (χ3n) is 6.82. The van der Waals surface area contributed by atoms with Crippen molar-refractivity contribution in [3.63, 3.8) is 0 Å². The van der Waals surface area contributed by atoms with E-state index in [2.05, 4.69) is 4.98 Å². The highest BCUT2D eigenvalue weighted by Gasteiger charge is 2.34. The van der Waals surface area contributed by atoms with E-state index in [1.165, 1.54) is 23.8 Å². The number of halogens is 2. The first-order chi connectivity index (χ1) is 22.6. The van der Waals surface area contributed by atoms with E-state index in [1.54, 1.807) is 67.0 Å². The summed E-state index contributed by atoms with van der Waals surface area (Å²) in [7, 11) is -2.60. The summed E-state index contributed by atoms with van der Waals surface area (Å²) in [4.78, 5) is 24.8. The van der Waals surface area contributed by atoms with E-state index in [0.717, 1.165) is 21.2 Å². The molecular weight excluding hydrogens is 678 g/mol. The summed E-state index contributed by atoms with van der Waals surface area (Å²) in [6.45, 7) is 4.30. The molecule has 0 aliphatic rings. The van der Waals surface area contributed by atoms with Gasteiger partial charge in [0.2, 0.25) is 5.95 Å². The molecule has 5 aromatic rings. The Morgan fingerprint density at radius 2 is 1.49 bits per heavy atom. The van der Waals surface area contributed by atoms with Crippen LogP contribution in [0.2, 0.25) is 10.0 Å². The topological polar surface area (TPSA) is 95.8 Å². The maximum atomic E-state index is 14.4. The van der Waals surface area contributed by atoms with Gasteiger partial charge in [0.1, 0.15) is 16.5 Å². The van der Waals surface area contributed by atoms with Gasteiger partial charge in [0.05, 0.1) is 25.5 Å². The molecule has 0 N–H and O–H groups in total. The Morgan fingerprint density at radius 3 is 2.02 bits per heavy atom. The number of hydrogen-bond acceptors (Lipinski definition) is 8. The highest BCUT2D eigenvalue weighted by molar-refractivity contribution is 7.99. The number of para-hydroxylation sites is 2. The number of hydrogen-bond donors (Lipinski definition) is 0. The summed E-state index contributed by atoms with van der Waals surface area (Å²) in [5.41, 5.74) is 1.67. The minimum absolute atomic E-state index is 0.0296. The van der Waals surface area contributed by atoms with E-state index in [1.807, 2.05) is 54.8 Å². The lowest BCUT2D eigenvalue weighted by Crippen LogP contribution is -2.36. The van der Waals surface area contributed by atoms with E-state index < -0.39 is 13.7 Å². The van der Waals surface area contributed by atoms with E-state index in [4.69, 9.17) is 42.0 Å². The van der Waals surface area contributed by atoms with E-state index >= 15 is 0 Å². The van der Waals surface area contributed by atoms with Crippen LogP contribution in [-0.4, -0.2) is 40.4 Å². The van der Waals surface area contributed by atoms with Crippen LogP contribution in [0.1, 0.15) is 31.0 Å². The van der Waals surface area contributed by atoms with Gasteiger partial charge in [-0.25, -0.2) is 19.2 Å². The zero-order valence-electron chi connectivity index (χ0n) is 26.0. The number of pyridine rings is 1. The van der Waals surface area contributed by atoms with Crippen molar-refractivity contribution < 1.29 is 23.1 Å². The predicted molar refractivity (Wildman–Crippen MR) is 187 cm³/mol. The highest BCUT2D eigenvalue weighted by Crippen LogP contribution is 2.49. The van der Waals surface area contributed by atoms with E-state index in [0.29, 0.717) is 34.0 Å². The van der Waals surface area contributed by atoms with Crippen molar-refractivity contribution in [2.24, 2.45) is 0 Å². The third kappa shape index (κ3) is 9.11. The molecule has 244 valence electrons. The van der Waals surface area contributed by atoms with Crippen molar-refractivity contribution in [2.75, 3.05) is 24.7 Å². The molecule has 0 spiro atoms. The van der Waals surface area contributed by atoms with Gasteiger partial charge >= 0.3 is 13.7 Å². The van der Waals surface area contributed by atoms with Crippen LogP contribution in [0.15, 0.2) is 113 Å². The first-order valence-corrected chi connectivity index (χ1v) is 18.0. The quantitative estimate of drug-likeness (QED) is 0.111. The molecule has 5 rings (SSSR count). The number of nitrogens with zero attached hydrogens (tertiary/aromatic N) is 4. The van der Waals surface area contributed by atoms with Crippen LogP contribution in [0, 0.1) is 0 Å². The van der Waals surface area contributed by atoms with Crippen molar-refractivity contribution >= 4 is 54.6 Å². The number of carbonyl (C=O) groups is 1. The molecule has 0 aliphatic carbocycles. The zero-order chi connectivity index (χ0) is 33.4. The van der Waals surface area contributed by atoms with Gasteiger partial charge in [-0.3, -0.25) is 9.55 Å². The van der Waals surface area contributed by atoms with Gasteiger partial charge < -0.3 is 13.8 Å². The van der Waals surface area contributed by atoms with Gasteiger partial charge in [-0.15, -0.1) is 0 Å². The molecule has 2 heterocycles. The fourth-order valence-corrected chi connectivity index (χ4v) is 8.09. The molecule has 9 nitrogen and oxygen atoms in total. The van der Waals surface area contributed by atoms with E-state index in [9.17, 15) is 9.36 Å². The molecule has 0 aliphatic heterocycles. The second-order valence-electron chi connectivity index (χ2n) is 10.7. The number of anilines is 1. The van der Waals surface area contributed by atoms with Crippen molar-refractivity contribution in [3.05, 3.63) is 125 Å². The summed E-state index contributed by atoms with van der Waals surface area (Å²) in [5.74, 6) is 1.02. The lowest BCUT2D eigenvalue weighted by Gasteiger charge is -2.25. The molecule has 0 atom stereocenters. The average molecular weight is 712 g/mol. The number of amides is 1. The normalized spacial score (nSPS) is 11.4. The summed E-state index contributed by atoms with van der Waals surface area (Å²) in [6.07, 6.45) is 2.55. The molecule has 3 aromatic carbocycles. The van der Waals surface area contributed by atoms with Gasteiger partial charge in [-0.2, -0.15) is 0 Å². The smallest absolute Gasteiger partial charge is 0.432 e. The molecule has 2 aromatic heterocycles. The number of ether oxygens (including phenoxy) is 1. The van der Waals surface area contributed by atoms with E-state index in [-0.39, 0.29) is 18.6 Å². The second-order valence-corrected chi connectivity index (χ2v) is 14.6. The largest absolute Gasteiger partial charge is 0.452 e. The van der Waals surface area contributed by atoms with Gasteiger partial charge in [0.25, 0.3) is 0 Å². The second kappa shape index (κ2) is 15.8. The minimum Gasteiger partial charge on any atom is -0.452 e. The van der Waals surface area contributed by atoms with Gasteiger partial charge in [-0.1, -0.05) is 85.2 Å². The Kier molecular flexibility index (Phi) is 11.5. The molecule has 13 heteroatoms. The molecule has 47 heavy (non-hydrogen) atoms. The minimum atomic E-state index is -3.89. The van der Waals surface area contributed by atoms with Gasteiger partial charge in [-0.05, 0) is 66.1 Å². The zero-order valence-corrected chi connectivity index (χ0v) is 29.2. The van der Waals surface area contributed by atoms with Gasteiger partial charge in [0.15, 0.2) is 0 Å². The first kappa shape index (κ1) is 34.4. The average Bonchev–Trinajstić information content (AvgIpc) is 3.39. The lowest BCUT2D eigenvalue weighted by atomic mass is 10.1. The number of rotatable bonds is 13. The maximum Gasteiger partial charge on any atom is 0.432 e. The fourth-order valence-electron chi connectivity index (χ4n) is 4.65. The van der Waals surface area contributed by atoms with Gasteiger partial charge in [0, 0.05) is 33.9 Å². The highest BCUT2D eigenvalue weighted by atomic mass is 35.5. The Labute approximate surface area is 288 Å². The number of carbonyl (C=O) groups excluding carboxylic acids is 1. The van der Waals surface area contributed by atoms with Crippen LogP contribution in [-0.2, 0) is 15.8 Å². The van der Waals surface area contributed by atoms with Crippen molar-refractivity contribution in [3.8, 4) is 11.5 Å². The maximum absolute atomic E-state index is 14.4. The molecule has 0 saturated carbocycles. The van der Waals surface area contributed by atoms with Crippen LogP contribution in [0.25, 0.3) is 0 Å². The van der Waals surface area contributed by atoms with Crippen molar-refractivity contribution in [1.82, 2.24) is 14.5 Å². The fraction of sp³-hybridized carbons (Fsp3) is 0.206. The van der Waals surface area contributed by atoms with Crippen molar-refractivity contribution in [2.45, 2.75) is 36.2 Å². The molecule has 0 saturated heterocycles. The van der Waals surface area contributed by atoms with Crippen LogP contribution >= 0.6 is 42.6 Å². The van der Waals surface area contributed by atoms with Crippen LogP contribution in [0.5, 0.6) is 11.5 Å². The van der Waals surface area contributed by atoms with Crippen LogP contribution in [0.4, 0.5) is 10.7 Å². The predicted octanol–water partition coefficient (Wildman–Crippen LogP) is 9.83.